The number of nitrogens with one attached hydrogen (secondary N) is 1. The van der Waals surface area contributed by atoms with Gasteiger partial charge in [-0.3, -0.25) is 0 Å². The Balaban J connectivity index is 1.26. The predicted octanol–water partition coefficient (Wildman–Crippen LogP) is 6.21. The molecule has 0 amide bonds. The van der Waals surface area contributed by atoms with E-state index in [2.05, 4.69) is 79.0 Å². The van der Waals surface area contributed by atoms with Crippen molar-refractivity contribution in [1.29, 1.82) is 0 Å². The van der Waals surface area contributed by atoms with E-state index in [1.165, 1.54) is 47.6 Å². The third-order valence-corrected chi connectivity index (χ3v) is 7.69. The molecular weight excluding hydrogens is 394 g/mol. The van der Waals surface area contributed by atoms with Gasteiger partial charge in [-0.2, -0.15) is 0 Å². The zero-order valence-electron chi connectivity index (χ0n) is 19.1. The van der Waals surface area contributed by atoms with Crippen LogP contribution in [0.3, 0.4) is 0 Å². The number of benzene rings is 3. The zero-order valence-corrected chi connectivity index (χ0v) is 19.1. The summed E-state index contributed by atoms with van der Waals surface area (Å²) in [6.45, 7) is 3.58. The molecule has 2 aliphatic rings. The summed E-state index contributed by atoms with van der Waals surface area (Å²) in [5.41, 5.74) is 3.12. The van der Waals surface area contributed by atoms with E-state index in [1.807, 2.05) is 0 Å². The SMILES string of the molecule is C[C@@H](NC1CCC[C@H](c2ccc(C3(O)CCOCC3)cc2)C1)c1cccc2ccccc12. The molecule has 2 N–H and O–H groups in total. The Hall–Kier alpha value is -2.20. The number of aliphatic hydroxyl groups is 1. The van der Waals surface area contributed by atoms with E-state index in [4.69, 9.17) is 4.74 Å². The van der Waals surface area contributed by atoms with Gasteiger partial charge in [0.1, 0.15) is 0 Å². The third kappa shape index (κ3) is 4.47. The van der Waals surface area contributed by atoms with Gasteiger partial charge >= 0.3 is 0 Å². The fourth-order valence-electron chi connectivity index (χ4n) is 5.78. The summed E-state index contributed by atoms with van der Waals surface area (Å²) >= 11 is 0. The summed E-state index contributed by atoms with van der Waals surface area (Å²) in [5.74, 6) is 0.583. The van der Waals surface area contributed by atoms with Crippen LogP contribution in [0.5, 0.6) is 0 Å². The van der Waals surface area contributed by atoms with Crippen molar-refractivity contribution in [2.24, 2.45) is 0 Å². The monoisotopic (exact) mass is 429 g/mol. The quantitative estimate of drug-likeness (QED) is 0.506. The van der Waals surface area contributed by atoms with Gasteiger partial charge in [-0.1, -0.05) is 73.2 Å². The smallest absolute Gasteiger partial charge is 0.0940 e. The van der Waals surface area contributed by atoms with E-state index in [0.29, 0.717) is 44.1 Å². The van der Waals surface area contributed by atoms with Crippen LogP contribution in [0.1, 0.15) is 74.1 Å². The van der Waals surface area contributed by atoms with Crippen molar-refractivity contribution in [1.82, 2.24) is 5.32 Å². The van der Waals surface area contributed by atoms with E-state index in [9.17, 15) is 5.11 Å². The van der Waals surface area contributed by atoms with Crippen LogP contribution in [0.25, 0.3) is 10.8 Å². The summed E-state index contributed by atoms with van der Waals surface area (Å²) in [6.07, 6.45) is 6.30. The second-order valence-electron chi connectivity index (χ2n) is 9.78. The maximum absolute atomic E-state index is 11.0. The van der Waals surface area contributed by atoms with Gasteiger partial charge in [0.05, 0.1) is 5.60 Å². The second-order valence-corrected chi connectivity index (χ2v) is 9.78. The Kier molecular flexibility index (Phi) is 6.32. The minimum absolute atomic E-state index is 0.329. The number of ether oxygens (including phenoxy) is 1. The highest BCUT2D eigenvalue weighted by Gasteiger charge is 2.32. The van der Waals surface area contributed by atoms with E-state index < -0.39 is 5.60 Å². The molecular formula is C29H35NO2. The molecule has 0 aromatic heterocycles. The van der Waals surface area contributed by atoms with Gasteiger partial charge in [0.15, 0.2) is 0 Å². The maximum Gasteiger partial charge on any atom is 0.0940 e. The number of hydrogen-bond acceptors (Lipinski definition) is 3. The molecule has 3 aromatic rings. The van der Waals surface area contributed by atoms with Gasteiger partial charge < -0.3 is 15.2 Å². The maximum atomic E-state index is 11.0. The lowest BCUT2D eigenvalue weighted by atomic mass is 9.79. The largest absolute Gasteiger partial charge is 0.385 e. The van der Waals surface area contributed by atoms with Gasteiger partial charge in [-0.25, -0.2) is 0 Å². The molecule has 1 unspecified atom stereocenters. The molecule has 1 aliphatic heterocycles. The average Bonchev–Trinajstić information content (AvgIpc) is 2.84. The molecule has 3 atom stereocenters. The standard InChI is InChI=1S/C29H35NO2/c1-21(27-11-5-7-23-6-2-3-10-28(23)27)30-26-9-4-8-24(20-26)22-12-14-25(15-13-22)29(31)16-18-32-19-17-29/h2-3,5-7,10-15,21,24,26,30-31H,4,8-9,16-20H2,1H3/t21-,24+,26?/m1/s1. The van der Waals surface area contributed by atoms with E-state index in [1.54, 1.807) is 0 Å². The number of fused-ring (bicyclic) bond motifs is 1. The lowest BCUT2D eigenvalue weighted by Crippen LogP contribution is -2.35. The molecule has 32 heavy (non-hydrogen) atoms. The average molecular weight is 430 g/mol. The van der Waals surface area contributed by atoms with Crippen LogP contribution in [0, 0.1) is 0 Å². The fraction of sp³-hybridized carbons (Fsp3) is 0.448. The summed E-state index contributed by atoms with van der Waals surface area (Å²) in [7, 11) is 0. The molecule has 0 bridgehead atoms. The molecule has 0 radical (unpaired) electrons. The van der Waals surface area contributed by atoms with Gasteiger partial charge in [0, 0.05) is 38.1 Å². The van der Waals surface area contributed by atoms with E-state index in [-0.39, 0.29) is 0 Å². The van der Waals surface area contributed by atoms with Crippen LogP contribution < -0.4 is 5.32 Å². The first-order chi connectivity index (χ1) is 15.6. The predicted molar refractivity (Wildman–Crippen MR) is 131 cm³/mol. The summed E-state index contributed by atoms with van der Waals surface area (Å²) in [5, 5.41) is 17.6. The van der Waals surface area contributed by atoms with Crippen molar-refractivity contribution < 1.29 is 9.84 Å². The highest BCUT2D eigenvalue weighted by Crippen LogP contribution is 2.37. The molecule has 0 spiro atoms. The molecule has 3 nitrogen and oxygen atoms in total. The minimum Gasteiger partial charge on any atom is -0.385 e. The van der Waals surface area contributed by atoms with Crippen LogP contribution in [0.4, 0.5) is 0 Å². The fourth-order valence-corrected chi connectivity index (χ4v) is 5.78. The molecule has 3 heteroatoms. The Bertz CT molecular complexity index is 1030. The Morgan fingerprint density at radius 1 is 0.938 bits per heavy atom. The number of hydrogen-bond donors (Lipinski definition) is 2. The Morgan fingerprint density at radius 2 is 1.69 bits per heavy atom. The molecule has 1 saturated carbocycles. The van der Waals surface area contributed by atoms with Crippen molar-refractivity contribution in [3.05, 3.63) is 83.4 Å². The van der Waals surface area contributed by atoms with Gasteiger partial charge in [-0.05, 0) is 59.6 Å². The summed E-state index contributed by atoms with van der Waals surface area (Å²) in [4.78, 5) is 0. The minimum atomic E-state index is -0.721. The van der Waals surface area contributed by atoms with Gasteiger partial charge in [-0.15, -0.1) is 0 Å². The number of rotatable bonds is 5. The molecule has 3 aromatic carbocycles. The topological polar surface area (TPSA) is 41.5 Å². The van der Waals surface area contributed by atoms with E-state index >= 15 is 0 Å². The lowest BCUT2D eigenvalue weighted by molar-refractivity contribution is -0.0679. The van der Waals surface area contributed by atoms with Crippen molar-refractivity contribution in [3.63, 3.8) is 0 Å². The summed E-state index contributed by atoms with van der Waals surface area (Å²) in [6, 6.07) is 25.0. The third-order valence-electron chi connectivity index (χ3n) is 7.69. The van der Waals surface area contributed by atoms with Crippen molar-refractivity contribution in [3.8, 4) is 0 Å². The van der Waals surface area contributed by atoms with Crippen LogP contribution in [-0.2, 0) is 10.3 Å². The summed E-state index contributed by atoms with van der Waals surface area (Å²) < 4.78 is 5.44. The molecule has 1 saturated heterocycles. The first-order valence-electron chi connectivity index (χ1n) is 12.3. The van der Waals surface area contributed by atoms with Gasteiger partial charge in [0.25, 0.3) is 0 Å². The second kappa shape index (κ2) is 9.35. The molecule has 2 fully saturated rings. The molecule has 1 aliphatic carbocycles. The zero-order chi connectivity index (χ0) is 22.0. The molecule has 1 heterocycles. The van der Waals surface area contributed by atoms with E-state index in [0.717, 1.165) is 5.56 Å². The Morgan fingerprint density at radius 3 is 2.50 bits per heavy atom. The Labute approximate surface area is 191 Å². The van der Waals surface area contributed by atoms with Crippen molar-refractivity contribution >= 4 is 10.8 Å². The highest BCUT2D eigenvalue weighted by atomic mass is 16.5. The molecule has 5 rings (SSSR count). The normalized spacial score (nSPS) is 24.3. The first-order valence-corrected chi connectivity index (χ1v) is 12.3. The van der Waals surface area contributed by atoms with Crippen molar-refractivity contribution in [2.75, 3.05) is 13.2 Å². The first kappa shape index (κ1) is 21.6. The van der Waals surface area contributed by atoms with Crippen LogP contribution in [0.2, 0.25) is 0 Å². The highest BCUT2D eigenvalue weighted by molar-refractivity contribution is 5.86. The van der Waals surface area contributed by atoms with Crippen LogP contribution >= 0.6 is 0 Å². The lowest BCUT2D eigenvalue weighted by Gasteiger charge is -2.34. The van der Waals surface area contributed by atoms with Crippen molar-refractivity contribution in [2.45, 2.75) is 69.1 Å². The molecule has 168 valence electrons. The van der Waals surface area contributed by atoms with Gasteiger partial charge in [0.2, 0.25) is 0 Å². The van der Waals surface area contributed by atoms with Crippen LogP contribution in [-0.4, -0.2) is 24.4 Å². The van der Waals surface area contributed by atoms with Crippen LogP contribution in [0.15, 0.2) is 66.7 Å².